The number of hydrogen-bond donors (Lipinski definition) is 1. The van der Waals surface area contributed by atoms with Crippen LogP contribution in [0, 0.1) is 17.0 Å². The normalized spacial score (nSPS) is 21.4. The van der Waals surface area contributed by atoms with Gasteiger partial charge in [-0.15, -0.1) is 0 Å². The summed E-state index contributed by atoms with van der Waals surface area (Å²) < 4.78 is 32.8. The molecule has 1 aliphatic heterocycles. The summed E-state index contributed by atoms with van der Waals surface area (Å²) in [5.74, 6) is -3.41. The molecule has 1 aromatic rings. The van der Waals surface area contributed by atoms with Crippen molar-refractivity contribution in [3.63, 3.8) is 0 Å². The highest BCUT2D eigenvalue weighted by molar-refractivity contribution is 6.04. The molecule has 0 amide bonds. The first-order valence-corrected chi connectivity index (χ1v) is 9.50. The van der Waals surface area contributed by atoms with E-state index in [2.05, 4.69) is 5.32 Å². The van der Waals surface area contributed by atoms with E-state index in [0.29, 0.717) is 36.1 Å². The van der Waals surface area contributed by atoms with Crippen LogP contribution in [0.5, 0.6) is 0 Å². The predicted octanol–water partition coefficient (Wildman–Crippen LogP) is 4.52. The number of nitrogens with one attached hydrogen (secondary N) is 1. The van der Waals surface area contributed by atoms with Crippen molar-refractivity contribution in [3.8, 4) is 0 Å². The van der Waals surface area contributed by atoms with Gasteiger partial charge in [0.2, 0.25) is 0 Å². The molecule has 150 valence electrons. The number of rotatable bonds is 4. The minimum atomic E-state index is -1.01. The molecule has 0 aromatic heterocycles. The Bertz CT molecular complexity index is 899. The van der Waals surface area contributed by atoms with E-state index in [1.54, 1.807) is 6.92 Å². The number of benzene rings is 1. The third-order valence-electron chi connectivity index (χ3n) is 5.17. The fourth-order valence-corrected chi connectivity index (χ4v) is 4.00. The number of ketones is 1. The first-order valence-electron chi connectivity index (χ1n) is 9.50. The van der Waals surface area contributed by atoms with Crippen molar-refractivity contribution in [2.24, 2.45) is 5.41 Å². The van der Waals surface area contributed by atoms with Crippen LogP contribution in [-0.4, -0.2) is 18.4 Å². The van der Waals surface area contributed by atoms with Crippen molar-refractivity contribution in [2.45, 2.75) is 52.9 Å². The Kier molecular flexibility index (Phi) is 5.41. The Labute approximate surface area is 163 Å². The van der Waals surface area contributed by atoms with Gasteiger partial charge < -0.3 is 10.1 Å². The molecule has 0 radical (unpaired) electrons. The van der Waals surface area contributed by atoms with Gasteiger partial charge in [0.25, 0.3) is 0 Å². The molecule has 0 saturated heterocycles. The topological polar surface area (TPSA) is 55.4 Å². The summed E-state index contributed by atoms with van der Waals surface area (Å²) in [4.78, 5) is 25.8. The molecule has 1 aromatic carbocycles. The summed E-state index contributed by atoms with van der Waals surface area (Å²) >= 11 is 0. The van der Waals surface area contributed by atoms with Gasteiger partial charge in [-0.2, -0.15) is 0 Å². The lowest BCUT2D eigenvalue weighted by Crippen LogP contribution is -2.38. The second kappa shape index (κ2) is 7.49. The number of allylic oxidation sites excluding steroid dienone is 3. The van der Waals surface area contributed by atoms with Crippen LogP contribution in [0.1, 0.15) is 58.4 Å². The molecule has 3 rings (SSSR count). The Morgan fingerprint density at radius 2 is 1.96 bits per heavy atom. The maximum Gasteiger partial charge on any atom is 0.336 e. The van der Waals surface area contributed by atoms with Gasteiger partial charge in [-0.3, -0.25) is 4.79 Å². The standard InChI is InChI=1S/C22H25F2NO3/c1-5-8-28-21(27)18-12(2)25-16-10-22(3,4)11-17(26)20(16)19(18)13-6-7-14(23)15(24)9-13/h6-7,9,19,25H,5,8,10-11H2,1-4H3. The quantitative estimate of drug-likeness (QED) is 0.769. The molecule has 1 N–H and O–H groups in total. The van der Waals surface area contributed by atoms with E-state index < -0.39 is 23.5 Å². The van der Waals surface area contributed by atoms with Crippen molar-refractivity contribution in [3.05, 3.63) is 57.9 Å². The lowest BCUT2D eigenvalue weighted by atomic mass is 9.68. The highest BCUT2D eigenvalue weighted by Gasteiger charge is 2.43. The van der Waals surface area contributed by atoms with Crippen molar-refractivity contribution >= 4 is 11.8 Å². The Morgan fingerprint density at radius 1 is 1.25 bits per heavy atom. The van der Waals surface area contributed by atoms with Gasteiger partial charge in [-0.1, -0.05) is 26.8 Å². The third-order valence-corrected chi connectivity index (χ3v) is 5.17. The Hall–Kier alpha value is -2.50. The maximum absolute atomic E-state index is 14.0. The van der Waals surface area contributed by atoms with Crippen LogP contribution in [0.15, 0.2) is 40.7 Å². The van der Waals surface area contributed by atoms with E-state index in [-0.39, 0.29) is 23.4 Å². The number of hydrogen-bond acceptors (Lipinski definition) is 4. The first kappa shape index (κ1) is 20.2. The smallest absolute Gasteiger partial charge is 0.336 e. The van der Waals surface area contributed by atoms with Crippen LogP contribution in [0.2, 0.25) is 0 Å². The lowest BCUT2D eigenvalue weighted by Gasteiger charge is -2.39. The average molecular weight is 389 g/mol. The highest BCUT2D eigenvalue weighted by atomic mass is 19.2. The minimum Gasteiger partial charge on any atom is -0.462 e. The number of ether oxygens (including phenoxy) is 1. The fraction of sp³-hybridized carbons (Fsp3) is 0.455. The van der Waals surface area contributed by atoms with Crippen LogP contribution in [0.3, 0.4) is 0 Å². The molecule has 2 aliphatic rings. The molecule has 28 heavy (non-hydrogen) atoms. The van der Waals surface area contributed by atoms with Crippen molar-refractivity contribution < 1.29 is 23.1 Å². The molecule has 4 nitrogen and oxygen atoms in total. The van der Waals surface area contributed by atoms with E-state index in [1.807, 2.05) is 20.8 Å². The largest absolute Gasteiger partial charge is 0.462 e. The Balaban J connectivity index is 2.16. The maximum atomic E-state index is 14.0. The molecule has 1 aliphatic carbocycles. The molecular formula is C22H25F2NO3. The fourth-order valence-electron chi connectivity index (χ4n) is 4.00. The summed E-state index contributed by atoms with van der Waals surface area (Å²) in [7, 11) is 0. The van der Waals surface area contributed by atoms with Gasteiger partial charge in [0.05, 0.1) is 12.2 Å². The SMILES string of the molecule is CCCOC(=O)C1=C(C)NC2=C(C(=O)CC(C)(C)C2)C1c1ccc(F)c(F)c1. The van der Waals surface area contributed by atoms with Crippen molar-refractivity contribution in [2.75, 3.05) is 6.61 Å². The van der Waals surface area contributed by atoms with Crippen molar-refractivity contribution in [1.82, 2.24) is 5.32 Å². The zero-order valence-electron chi connectivity index (χ0n) is 16.6. The van der Waals surface area contributed by atoms with Gasteiger partial charge in [0.1, 0.15) is 0 Å². The molecule has 1 heterocycles. The zero-order chi connectivity index (χ0) is 20.6. The average Bonchev–Trinajstić information content (AvgIpc) is 2.59. The van der Waals surface area contributed by atoms with Gasteiger partial charge in [0, 0.05) is 29.3 Å². The number of esters is 1. The highest BCUT2D eigenvalue weighted by Crippen LogP contribution is 2.46. The van der Waals surface area contributed by atoms with Crippen LogP contribution in [0.25, 0.3) is 0 Å². The van der Waals surface area contributed by atoms with Gasteiger partial charge in [-0.25, -0.2) is 13.6 Å². The van der Waals surface area contributed by atoms with Crippen LogP contribution in [-0.2, 0) is 14.3 Å². The molecule has 0 spiro atoms. The Morgan fingerprint density at radius 3 is 2.61 bits per heavy atom. The monoisotopic (exact) mass is 389 g/mol. The molecule has 6 heteroatoms. The van der Waals surface area contributed by atoms with Gasteiger partial charge in [0.15, 0.2) is 17.4 Å². The van der Waals surface area contributed by atoms with Gasteiger partial charge in [-0.05, 0) is 42.9 Å². The summed E-state index contributed by atoms with van der Waals surface area (Å²) in [6, 6.07) is 3.50. The van der Waals surface area contributed by atoms with E-state index >= 15 is 0 Å². The van der Waals surface area contributed by atoms with E-state index in [1.165, 1.54) is 6.07 Å². The number of Topliss-reactive ketones (excluding diaryl/α,β-unsaturated/α-hetero) is 1. The first-order chi connectivity index (χ1) is 13.1. The molecule has 1 unspecified atom stereocenters. The number of dihydropyridines is 1. The number of carbonyl (C=O) groups is 2. The van der Waals surface area contributed by atoms with Gasteiger partial charge >= 0.3 is 5.97 Å². The molecule has 0 bridgehead atoms. The zero-order valence-corrected chi connectivity index (χ0v) is 16.6. The van der Waals surface area contributed by atoms with Crippen LogP contribution < -0.4 is 5.32 Å². The summed E-state index contributed by atoms with van der Waals surface area (Å²) in [6.45, 7) is 7.88. The predicted molar refractivity (Wildman–Crippen MR) is 101 cm³/mol. The molecule has 0 fully saturated rings. The van der Waals surface area contributed by atoms with E-state index in [4.69, 9.17) is 4.74 Å². The molecular weight excluding hydrogens is 364 g/mol. The van der Waals surface area contributed by atoms with E-state index in [9.17, 15) is 18.4 Å². The second-order valence-electron chi connectivity index (χ2n) is 8.24. The summed E-state index contributed by atoms with van der Waals surface area (Å²) in [5, 5.41) is 3.21. The minimum absolute atomic E-state index is 0.0956. The van der Waals surface area contributed by atoms with E-state index in [0.717, 1.165) is 17.8 Å². The third kappa shape index (κ3) is 3.73. The summed E-state index contributed by atoms with van der Waals surface area (Å²) in [5.41, 5.74) is 2.16. The number of halogens is 2. The van der Waals surface area contributed by atoms with Crippen LogP contribution in [0.4, 0.5) is 8.78 Å². The summed E-state index contributed by atoms with van der Waals surface area (Å²) in [6.07, 6.45) is 1.61. The molecule has 1 atom stereocenters. The molecule has 0 saturated carbocycles. The second-order valence-corrected chi connectivity index (χ2v) is 8.24. The van der Waals surface area contributed by atoms with Crippen molar-refractivity contribution in [1.29, 1.82) is 0 Å². The van der Waals surface area contributed by atoms with Crippen LogP contribution >= 0.6 is 0 Å². The lowest BCUT2D eigenvalue weighted by molar-refractivity contribution is -0.139. The number of carbonyl (C=O) groups excluding carboxylic acids is 2.